The second-order valence-electron chi connectivity index (χ2n) is 4.15. The molecule has 9 nitrogen and oxygen atoms in total. The lowest BCUT2D eigenvalue weighted by atomic mass is 9.97. The Labute approximate surface area is 108 Å². The summed E-state index contributed by atoms with van der Waals surface area (Å²) in [5, 5.41) is 46.0. The molecule has 0 radical (unpaired) electrons. The van der Waals surface area contributed by atoms with E-state index in [2.05, 4.69) is 0 Å². The fourth-order valence-electron chi connectivity index (χ4n) is 1.60. The van der Waals surface area contributed by atoms with Crippen molar-refractivity contribution in [3.05, 3.63) is 0 Å². The van der Waals surface area contributed by atoms with Crippen molar-refractivity contribution in [2.45, 2.75) is 36.9 Å². The van der Waals surface area contributed by atoms with E-state index >= 15 is 0 Å². The molecule has 19 heavy (non-hydrogen) atoms. The summed E-state index contributed by atoms with van der Waals surface area (Å²) in [6, 6.07) is 0. The van der Waals surface area contributed by atoms with Crippen molar-refractivity contribution in [2.24, 2.45) is 0 Å². The summed E-state index contributed by atoms with van der Waals surface area (Å²) in [4.78, 5) is 21.7. The van der Waals surface area contributed by atoms with Gasteiger partial charge in [0, 0.05) is 0 Å². The number of aliphatic carboxylic acids is 1. The van der Waals surface area contributed by atoms with Crippen LogP contribution in [0.4, 0.5) is 0 Å². The van der Waals surface area contributed by atoms with Crippen molar-refractivity contribution in [1.29, 1.82) is 0 Å². The van der Waals surface area contributed by atoms with Crippen LogP contribution >= 0.6 is 0 Å². The van der Waals surface area contributed by atoms with Gasteiger partial charge in [-0.3, -0.25) is 9.59 Å². The minimum absolute atomic E-state index is 0.453. The maximum atomic E-state index is 11.4. The number of carboxylic acids is 1. The number of rotatable bonds is 5. The largest absolute Gasteiger partial charge is 0.481 e. The molecule has 0 aromatic heterocycles. The quantitative estimate of drug-likeness (QED) is 0.336. The van der Waals surface area contributed by atoms with E-state index in [0.717, 1.165) is 0 Å². The Morgan fingerprint density at radius 1 is 1.26 bits per heavy atom. The van der Waals surface area contributed by atoms with Gasteiger partial charge in [0.15, 0.2) is 6.10 Å². The third-order valence-corrected chi connectivity index (χ3v) is 2.72. The lowest BCUT2D eigenvalue weighted by Crippen LogP contribution is -2.64. The summed E-state index contributed by atoms with van der Waals surface area (Å²) < 4.78 is 9.60. The number of carboxylic acid groups (broad SMARTS) is 1. The average molecular weight is 280 g/mol. The van der Waals surface area contributed by atoms with Gasteiger partial charge in [-0.1, -0.05) is 0 Å². The molecule has 1 aliphatic rings. The fraction of sp³-hybridized carbons (Fsp3) is 0.800. The van der Waals surface area contributed by atoms with Crippen LogP contribution in [0.2, 0.25) is 0 Å². The minimum Gasteiger partial charge on any atom is -0.481 e. The Kier molecular flexibility index (Phi) is 5.20. The first kappa shape index (κ1) is 15.8. The second kappa shape index (κ2) is 6.26. The van der Waals surface area contributed by atoms with Crippen LogP contribution in [0.3, 0.4) is 0 Å². The minimum atomic E-state index is -2.20. The molecule has 1 rings (SSSR count). The van der Waals surface area contributed by atoms with E-state index in [1.807, 2.05) is 0 Å². The van der Waals surface area contributed by atoms with Crippen molar-refractivity contribution in [3.8, 4) is 0 Å². The van der Waals surface area contributed by atoms with Gasteiger partial charge in [0.25, 0.3) is 5.79 Å². The second-order valence-corrected chi connectivity index (χ2v) is 4.15. The molecule has 1 fully saturated rings. The average Bonchev–Trinajstić information content (AvgIpc) is 2.37. The molecule has 1 aliphatic heterocycles. The molecule has 0 spiro atoms. The first-order chi connectivity index (χ1) is 8.82. The molecular formula is C10H16O9. The smallest absolute Gasteiger partial charge is 0.309 e. The van der Waals surface area contributed by atoms with Gasteiger partial charge in [0.1, 0.15) is 18.8 Å². The highest BCUT2D eigenvalue weighted by Gasteiger charge is 2.52. The standard InChI is InChI=1S/C10H16O9/c11-4-10(19-7(15)2-1-6(13)14)9(17)8(16)5(12)3-18-10/h5,8-9,11-12,16-17H,1-4H2,(H,13,14)/t5-,8-,9+,10?/m1/s1. The predicted octanol–water partition coefficient (Wildman–Crippen LogP) is -2.80. The zero-order valence-electron chi connectivity index (χ0n) is 9.93. The van der Waals surface area contributed by atoms with Crippen LogP contribution in [0.25, 0.3) is 0 Å². The predicted molar refractivity (Wildman–Crippen MR) is 56.8 cm³/mol. The number of esters is 1. The van der Waals surface area contributed by atoms with Gasteiger partial charge in [-0.25, -0.2) is 0 Å². The lowest BCUT2D eigenvalue weighted by molar-refractivity contribution is -0.335. The topological polar surface area (TPSA) is 154 Å². The Morgan fingerprint density at radius 3 is 2.42 bits per heavy atom. The zero-order valence-corrected chi connectivity index (χ0v) is 9.93. The molecule has 0 aromatic rings. The van der Waals surface area contributed by atoms with E-state index in [9.17, 15) is 30.0 Å². The maximum absolute atomic E-state index is 11.4. The van der Waals surface area contributed by atoms with Crippen LogP contribution in [0, 0.1) is 0 Å². The molecule has 0 aromatic carbocycles. The number of carbonyl (C=O) groups is 2. The Bertz CT molecular complexity index is 344. The van der Waals surface area contributed by atoms with E-state index in [0.29, 0.717) is 0 Å². The SMILES string of the molecule is O=C(O)CCC(=O)OC1(CO)OC[C@@H](O)[C@@H](O)[C@@H]1O. The molecule has 0 saturated carbocycles. The molecular weight excluding hydrogens is 264 g/mol. The first-order valence-corrected chi connectivity index (χ1v) is 5.55. The van der Waals surface area contributed by atoms with Crippen molar-refractivity contribution in [1.82, 2.24) is 0 Å². The molecule has 4 atom stereocenters. The van der Waals surface area contributed by atoms with E-state index in [1.165, 1.54) is 0 Å². The first-order valence-electron chi connectivity index (χ1n) is 5.55. The van der Waals surface area contributed by atoms with Crippen molar-refractivity contribution in [3.63, 3.8) is 0 Å². The zero-order chi connectivity index (χ0) is 14.6. The van der Waals surface area contributed by atoms with Gasteiger partial charge in [0.05, 0.1) is 19.4 Å². The number of hydrogen-bond acceptors (Lipinski definition) is 8. The van der Waals surface area contributed by atoms with Gasteiger partial charge >= 0.3 is 11.9 Å². The normalized spacial score (nSPS) is 34.8. The van der Waals surface area contributed by atoms with Crippen LogP contribution in [0.15, 0.2) is 0 Å². The van der Waals surface area contributed by atoms with E-state index < -0.39 is 62.1 Å². The van der Waals surface area contributed by atoms with Gasteiger partial charge in [0.2, 0.25) is 0 Å². The molecule has 0 aliphatic carbocycles. The number of carbonyl (C=O) groups excluding carboxylic acids is 1. The summed E-state index contributed by atoms with van der Waals surface area (Å²) >= 11 is 0. The molecule has 0 bridgehead atoms. The van der Waals surface area contributed by atoms with Gasteiger partial charge in [-0.2, -0.15) is 0 Å². The number of aliphatic hydroxyl groups is 4. The summed E-state index contributed by atoms with van der Waals surface area (Å²) in [5.41, 5.74) is 0. The molecule has 0 amide bonds. The highest BCUT2D eigenvalue weighted by atomic mass is 16.7. The van der Waals surface area contributed by atoms with Crippen LogP contribution in [0.1, 0.15) is 12.8 Å². The van der Waals surface area contributed by atoms with Crippen LogP contribution < -0.4 is 0 Å². The van der Waals surface area contributed by atoms with Crippen LogP contribution in [-0.2, 0) is 19.1 Å². The monoisotopic (exact) mass is 280 g/mol. The summed E-state index contributed by atoms with van der Waals surface area (Å²) in [6.45, 7) is -1.40. The highest BCUT2D eigenvalue weighted by Crippen LogP contribution is 2.28. The van der Waals surface area contributed by atoms with Crippen molar-refractivity contribution in [2.75, 3.05) is 13.2 Å². The Balaban J connectivity index is 2.70. The van der Waals surface area contributed by atoms with Crippen molar-refractivity contribution >= 4 is 11.9 Å². The fourth-order valence-corrected chi connectivity index (χ4v) is 1.60. The van der Waals surface area contributed by atoms with Gasteiger partial charge < -0.3 is 35.0 Å². The Morgan fingerprint density at radius 2 is 1.89 bits per heavy atom. The van der Waals surface area contributed by atoms with Gasteiger partial charge in [-0.15, -0.1) is 0 Å². The molecule has 5 N–H and O–H groups in total. The number of ether oxygens (including phenoxy) is 2. The van der Waals surface area contributed by atoms with Crippen LogP contribution in [0.5, 0.6) is 0 Å². The van der Waals surface area contributed by atoms with E-state index in [1.54, 1.807) is 0 Å². The van der Waals surface area contributed by atoms with Gasteiger partial charge in [-0.05, 0) is 0 Å². The molecule has 9 heteroatoms. The number of aliphatic hydroxyl groups excluding tert-OH is 4. The maximum Gasteiger partial charge on any atom is 0.309 e. The Hall–Kier alpha value is -1.26. The third kappa shape index (κ3) is 3.61. The molecule has 1 unspecified atom stereocenters. The lowest BCUT2D eigenvalue weighted by Gasteiger charge is -2.42. The molecule has 110 valence electrons. The molecule has 1 heterocycles. The summed E-state index contributed by atoms with van der Waals surface area (Å²) in [7, 11) is 0. The third-order valence-electron chi connectivity index (χ3n) is 2.72. The summed E-state index contributed by atoms with van der Waals surface area (Å²) in [6.07, 6.45) is -5.86. The highest BCUT2D eigenvalue weighted by molar-refractivity contribution is 5.76. The summed E-state index contributed by atoms with van der Waals surface area (Å²) in [5.74, 6) is -4.43. The van der Waals surface area contributed by atoms with Crippen molar-refractivity contribution < 1.29 is 44.6 Å². The number of hydrogen-bond donors (Lipinski definition) is 5. The van der Waals surface area contributed by atoms with Crippen LogP contribution in [-0.4, -0.2) is 74.8 Å². The molecule has 1 saturated heterocycles. The van der Waals surface area contributed by atoms with E-state index in [-0.39, 0.29) is 0 Å². The van der Waals surface area contributed by atoms with E-state index in [4.69, 9.17) is 14.6 Å².